The van der Waals surface area contributed by atoms with E-state index in [4.69, 9.17) is 0 Å². The van der Waals surface area contributed by atoms with Crippen LogP contribution in [0.15, 0.2) is 12.1 Å². The first-order valence-electron chi connectivity index (χ1n) is 6.85. The first kappa shape index (κ1) is 18.3. The van der Waals surface area contributed by atoms with E-state index in [1.807, 2.05) is 0 Å². The van der Waals surface area contributed by atoms with Crippen LogP contribution < -0.4 is 10.6 Å². The van der Waals surface area contributed by atoms with Crippen molar-refractivity contribution in [3.05, 3.63) is 23.8 Å². The number of sulfone groups is 1. The lowest BCUT2D eigenvalue weighted by Crippen LogP contribution is -2.19. The Balaban J connectivity index is 2.68. The predicted molar refractivity (Wildman–Crippen MR) is 82.7 cm³/mol. The number of rotatable bonds is 7. The molecule has 1 rings (SSSR count). The highest BCUT2D eigenvalue weighted by Gasteiger charge is 2.15. The van der Waals surface area contributed by atoms with Crippen LogP contribution in [-0.2, 0) is 14.6 Å². The molecule has 5 nitrogen and oxygen atoms in total. The van der Waals surface area contributed by atoms with Crippen molar-refractivity contribution >= 4 is 27.1 Å². The molecule has 0 saturated carbocycles. The molecular weight excluding hydrogens is 314 g/mol. The molecule has 0 fully saturated rings. The quantitative estimate of drug-likeness (QED) is 0.752. The van der Waals surface area contributed by atoms with Gasteiger partial charge in [0.15, 0.2) is 9.84 Å². The summed E-state index contributed by atoms with van der Waals surface area (Å²) in [5.41, 5.74) is -0.127. The van der Waals surface area contributed by atoms with E-state index in [0.717, 1.165) is 6.07 Å². The number of hydrogen-bond acceptors (Lipinski definition) is 4. The Bertz CT molecular complexity index is 646. The molecule has 0 aliphatic rings. The Morgan fingerprint density at radius 1 is 1.18 bits per heavy atom. The molecule has 124 valence electrons. The van der Waals surface area contributed by atoms with Crippen LogP contribution in [0.25, 0.3) is 0 Å². The summed E-state index contributed by atoms with van der Waals surface area (Å²) < 4.78 is 50.3. The van der Waals surface area contributed by atoms with Crippen molar-refractivity contribution in [2.45, 2.75) is 32.4 Å². The topological polar surface area (TPSA) is 75.3 Å². The molecule has 2 N–H and O–H groups in total. The summed E-state index contributed by atoms with van der Waals surface area (Å²) in [5, 5.41) is 4.50. The minimum atomic E-state index is -3.14. The molecule has 0 unspecified atom stereocenters. The smallest absolute Gasteiger partial charge is 0.221 e. The Labute approximate surface area is 129 Å². The molecule has 8 heteroatoms. The lowest BCUT2D eigenvalue weighted by atomic mass is 10.2. The van der Waals surface area contributed by atoms with Gasteiger partial charge in [-0.3, -0.25) is 4.79 Å². The molecule has 0 heterocycles. The first-order valence-corrected chi connectivity index (χ1v) is 8.57. The van der Waals surface area contributed by atoms with Crippen LogP contribution in [0.2, 0.25) is 0 Å². The highest BCUT2D eigenvalue weighted by Crippen LogP contribution is 2.23. The van der Waals surface area contributed by atoms with Crippen LogP contribution in [0.3, 0.4) is 0 Å². The number of amides is 1. The molecule has 1 amide bonds. The molecule has 0 saturated heterocycles. The number of carbonyl (C=O) groups excluding carboxylic acids is 1. The molecule has 0 atom stereocenters. The van der Waals surface area contributed by atoms with E-state index in [-0.39, 0.29) is 23.7 Å². The van der Waals surface area contributed by atoms with Crippen molar-refractivity contribution in [3.8, 4) is 0 Å². The maximum atomic E-state index is 13.6. The van der Waals surface area contributed by atoms with Crippen molar-refractivity contribution in [3.63, 3.8) is 0 Å². The van der Waals surface area contributed by atoms with Crippen molar-refractivity contribution in [1.82, 2.24) is 0 Å². The van der Waals surface area contributed by atoms with Gasteiger partial charge in [-0.2, -0.15) is 0 Å². The van der Waals surface area contributed by atoms with Crippen molar-refractivity contribution in [1.29, 1.82) is 0 Å². The van der Waals surface area contributed by atoms with Gasteiger partial charge in [-0.1, -0.05) is 0 Å². The second-order valence-corrected chi connectivity index (χ2v) is 7.87. The van der Waals surface area contributed by atoms with Gasteiger partial charge < -0.3 is 10.6 Å². The number of hydrogen-bond donors (Lipinski definition) is 2. The third-order valence-corrected chi connectivity index (χ3v) is 5.30. The van der Waals surface area contributed by atoms with E-state index >= 15 is 0 Å². The summed E-state index contributed by atoms with van der Waals surface area (Å²) in [6.45, 7) is 4.63. The summed E-state index contributed by atoms with van der Waals surface area (Å²) in [6, 6.07) is 1.81. The van der Waals surface area contributed by atoms with Gasteiger partial charge >= 0.3 is 0 Å². The fourth-order valence-corrected chi connectivity index (χ4v) is 2.72. The zero-order chi connectivity index (χ0) is 16.9. The van der Waals surface area contributed by atoms with Crippen LogP contribution in [0.4, 0.5) is 20.2 Å². The maximum absolute atomic E-state index is 13.6. The van der Waals surface area contributed by atoms with E-state index in [0.29, 0.717) is 12.5 Å². The zero-order valence-electron chi connectivity index (χ0n) is 12.7. The molecule has 1 aromatic rings. The van der Waals surface area contributed by atoms with Crippen molar-refractivity contribution < 1.29 is 22.0 Å². The third kappa shape index (κ3) is 5.25. The van der Waals surface area contributed by atoms with Gasteiger partial charge in [0.2, 0.25) is 5.91 Å². The van der Waals surface area contributed by atoms with Gasteiger partial charge in [0.25, 0.3) is 0 Å². The molecule has 0 bridgehead atoms. The van der Waals surface area contributed by atoms with Crippen molar-refractivity contribution in [2.75, 3.05) is 22.9 Å². The van der Waals surface area contributed by atoms with Gasteiger partial charge in [-0.05, 0) is 26.3 Å². The van der Waals surface area contributed by atoms with Crippen molar-refractivity contribution in [2.24, 2.45) is 0 Å². The van der Waals surface area contributed by atoms with Crippen LogP contribution in [0, 0.1) is 11.6 Å². The Kier molecular flexibility index (Phi) is 6.28. The number of anilines is 2. The number of benzene rings is 1. The molecule has 1 aromatic carbocycles. The normalized spacial score (nSPS) is 11.5. The lowest BCUT2D eigenvalue weighted by molar-refractivity contribution is -0.114. The van der Waals surface area contributed by atoms with Gasteiger partial charge in [0, 0.05) is 19.5 Å². The fraction of sp³-hybridized carbons (Fsp3) is 0.500. The van der Waals surface area contributed by atoms with Crippen LogP contribution >= 0.6 is 0 Å². The average Bonchev–Trinajstić information content (AvgIpc) is 2.38. The number of carbonyl (C=O) groups is 1. The summed E-state index contributed by atoms with van der Waals surface area (Å²) >= 11 is 0. The summed E-state index contributed by atoms with van der Waals surface area (Å²) in [7, 11) is -3.14. The molecule has 22 heavy (non-hydrogen) atoms. The zero-order valence-corrected chi connectivity index (χ0v) is 13.6. The van der Waals surface area contributed by atoms with E-state index in [9.17, 15) is 22.0 Å². The minimum absolute atomic E-state index is 0.00657. The fourth-order valence-electron chi connectivity index (χ4n) is 1.70. The third-order valence-electron chi connectivity index (χ3n) is 3.01. The average molecular weight is 334 g/mol. The number of nitrogens with one attached hydrogen (secondary N) is 2. The lowest BCUT2D eigenvalue weighted by Gasteiger charge is -2.12. The second-order valence-electron chi connectivity index (χ2n) is 5.19. The van der Waals surface area contributed by atoms with E-state index < -0.39 is 32.6 Å². The van der Waals surface area contributed by atoms with Crippen LogP contribution in [0.1, 0.15) is 27.2 Å². The first-order chi connectivity index (χ1) is 10.1. The molecular formula is C14H20F2N2O3S. The highest BCUT2D eigenvalue weighted by molar-refractivity contribution is 7.91. The van der Waals surface area contributed by atoms with Gasteiger partial charge in [-0.15, -0.1) is 0 Å². The summed E-state index contributed by atoms with van der Waals surface area (Å²) in [5.74, 6) is -2.17. The largest absolute Gasteiger partial charge is 0.383 e. The molecule has 0 spiro atoms. The minimum Gasteiger partial charge on any atom is -0.383 e. The van der Waals surface area contributed by atoms with E-state index in [1.165, 1.54) is 6.92 Å². The number of halogens is 2. The molecule has 0 aliphatic heterocycles. The maximum Gasteiger partial charge on any atom is 0.221 e. The Morgan fingerprint density at radius 3 is 2.32 bits per heavy atom. The van der Waals surface area contributed by atoms with Gasteiger partial charge in [0.1, 0.15) is 11.6 Å². The second kappa shape index (κ2) is 7.53. The monoisotopic (exact) mass is 334 g/mol. The van der Waals surface area contributed by atoms with Crippen LogP contribution in [-0.4, -0.2) is 31.9 Å². The molecule has 0 radical (unpaired) electrons. The van der Waals surface area contributed by atoms with Crippen LogP contribution in [0.5, 0.6) is 0 Å². The molecule has 0 aromatic heterocycles. The Morgan fingerprint density at radius 2 is 1.77 bits per heavy atom. The van der Waals surface area contributed by atoms with E-state index in [1.54, 1.807) is 13.8 Å². The van der Waals surface area contributed by atoms with Gasteiger partial charge in [0.05, 0.1) is 22.4 Å². The van der Waals surface area contributed by atoms with Gasteiger partial charge in [-0.25, -0.2) is 17.2 Å². The predicted octanol–water partition coefficient (Wildman–Crippen LogP) is 2.55. The van der Waals surface area contributed by atoms with E-state index in [2.05, 4.69) is 10.6 Å². The SMILES string of the molecule is CC(=O)Nc1cc(NCCCS(=O)(=O)C(C)C)c(F)cc1F. The Hall–Kier alpha value is -1.70. The summed E-state index contributed by atoms with van der Waals surface area (Å²) in [6.07, 6.45) is 0.298. The molecule has 0 aliphatic carbocycles. The highest BCUT2D eigenvalue weighted by atomic mass is 32.2. The standard InChI is InChI=1S/C14H20F2N2O3S/c1-9(2)22(20,21)6-4-5-17-13-8-14(18-10(3)19)12(16)7-11(13)15/h7-9,17H,4-6H2,1-3H3,(H,18,19). The summed E-state index contributed by atoms with van der Waals surface area (Å²) in [4.78, 5) is 10.9.